The lowest BCUT2D eigenvalue weighted by Gasteiger charge is -2.10. The first kappa shape index (κ1) is 19.1. The number of aryl methyl sites for hydroxylation is 1. The summed E-state index contributed by atoms with van der Waals surface area (Å²) in [5.74, 6) is 0.883. The van der Waals surface area contributed by atoms with Crippen LogP contribution in [0.5, 0.6) is 5.75 Å². The molecule has 0 aliphatic carbocycles. The molecular formula is C20H17FN4O3S. The zero-order chi connectivity index (χ0) is 20.4. The summed E-state index contributed by atoms with van der Waals surface area (Å²) in [6.45, 7) is 3.62. The van der Waals surface area contributed by atoms with E-state index in [1.807, 2.05) is 19.1 Å². The quantitative estimate of drug-likeness (QED) is 0.443. The van der Waals surface area contributed by atoms with Crippen molar-refractivity contribution in [2.75, 3.05) is 0 Å². The molecule has 0 spiro atoms. The Morgan fingerprint density at radius 2 is 2.00 bits per heavy atom. The van der Waals surface area contributed by atoms with E-state index in [2.05, 4.69) is 15.2 Å². The number of hydrogen-bond donors (Lipinski definition) is 0. The summed E-state index contributed by atoms with van der Waals surface area (Å²) in [4.78, 5) is 16.9. The lowest BCUT2D eigenvalue weighted by Crippen LogP contribution is -2.17. The van der Waals surface area contributed by atoms with Gasteiger partial charge in [0.15, 0.2) is 6.10 Å². The third kappa shape index (κ3) is 4.29. The maximum atomic E-state index is 13.0. The summed E-state index contributed by atoms with van der Waals surface area (Å²) in [7, 11) is 0. The fourth-order valence-electron chi connectivity index (χ4n) is 2.78. The van der Waals surface area contributed by atoms with Crippen molar-refractivity contribution in [3.8, 4) is 5.75 Å². The van der Waals surface area contributed by atoms with Crippen molar-refractivity contribution in [1.29, 1.82) is 0 Å². The number of hydrogen-bond acceptors (Lipinski definition) is 7. The third-order valence-corrected chi connectivity index (χ3v) is 5.03. The highest BCUT2D eigenvalue weighted by Gasteiger charge is 2.16. The highest BCUT2D eigenvalue weighted by atomic mass is 32.2. The Kier molecular flexibility index (Phi) is 5.30. The topological polar surface area (TPSA) is 82.5 Å². The molecule has 0 fully saturated rings. The van der Waals surface area contributed by atoms with E-state index in [9.17, 15) is 9.18 Å². The van der Waals surface area contributed by atoms with Crippen LogP contribution < -0.4 is 10.3 Å². The van der Waals surface area contributed by atoms with Crippen LogP contribution in [0.25, 0.3) is 5.65 Å². The molecule has 0 radical (unpaired) electrons. The normalized spacial score (nSPS) is 12.2. The first-order valence-electron chi connectivity index (χ1n) is 8.86. The number of fused-ring (bicyclic) bond motifs is 1. The Morgan fingerprint density at radius 1 is 1.21 bits per heavy atom. The molecule has 1 aromatic carbocycles. The summed E-state index contributed by atoms with van der Waals surface area (Å²) < 4.78 is 25.9. The van der Waals surface area contributed by atoms with Crippen LogP contribution in [0.3, 0.4) is 0 Å². The Balaban J connectivity index is 1.43. The number of halogens is 1. The van der Waals surface area contributed by atoms with Crippen LogP contribution in [-0.2, 0) is 5.75 Å². The number of benzene rings is 1. The Hall–Kier alpha value is -3.20. The Labute approximate surface area is 169 Å². The van der Waals surface area contributed by atoms with Gasteiger partial charge in [-0.15, -0.1) is 10.2 Å². The molecule has 7 nitrogen and oxygen atoms in total. The standard InChI is InChI=1S/C20H17FN4O3S/c1-12-4-3-5-17-22-15(10-18(26)25(12)17)11-29-20-24-23-19(28-20)13(2)27-16-8-6-14(21)7-9-16/h3-10,13H,11H2,1-2H3/t13-/m1/s1. The minimum Gasteiger partial charge on any atom is -0.481 e. The number of ether oxygens (including phenoxy) is 1. The predicted octanol–water partition coefficient (Wildman–Crippen LogP) is 3.96. The van der Waals surface area contributed by atoms with E-state index in [0.717, 1.165) is 5.69 Å². The summed E-state index contributed by atoms with van der Waals surface area (Å²) in [6.07, 6.45) is -0.492. The maximum absolute atomic E-state index is 13.0. The third-order valence-electron chi connectivity index (χ3n) is 4.17. The van der Waals surface area contributed by atoms with Gasteiger partial charge >= 0.3 is 0 Å². The van der Waals surface area contributed by atoms with Crippen molar-refractivity contribution in [2.24, 2.45) is 0 Å². The average Bonchev–Trinajstić information content (AvgIpc) is 3.17. The molecule has 4 aromatic rings. The van der Waals surface area contributed by atoms with E-state index in [4.69, 9.17) is 9.15 Å². The second kappa shape index (κ2) is 8.04. The fraction of sp³-hybridized carbons (Fsp3) is 0.200. The number of aromatic nitrogens is 4. The molecule has 0 amide bonds. The summed E-state index contributed by atoms with van der Waals surface area (Å²) >= 11 is 1.29. The molecule has 3 heterocycles. The molecule has 0 N–H and O–H groups in total. The monoisotopic (exact) mass is 412 g/mol. The number of pyridine rings is 1. The highest BCUT2D eigenvalue weighted by Crippen LogP contribution is 2.25. The van der Waals surface area contributed by atoms with Crippen LogP contribution in [0.15, 0.2) is 63.0 Å². The van der Waals surface area contributed by atoms with Gasteiger partial charge in [-0.1, -0.05) is 17.8 Å². The molecular weight excluding hydrogens is 395 g/mol. The second-order valence-corrected chi connectivity index (χ2v) is 7.28. The molecule has 0 saturated carbocycles. The SMILES string of the molecule is Cc1cccc2nc(CSc3nnc([C@@H](C)Oc4ccc(F)cc4)o3)cc(=O)n12. The van der Waals surface area contributed by atoms with E-state index in [0.29, 0.717) is 34.0 Å². The first-order chi connectivity index (χ1) is 14.0. The van der Waals surface area contributed by atoms with Gasteiger partial charge in [-0.05, 0) is 50.2 Å². The van der Waals surface area contributed by atoms with Crippen molar-refractivity contribution < 1.29 is 13.5 Å². The van der Waals surface area contributed by atoms with Gasteiger partial charge in [0.25, 0.3) is 16.7 Å². The summed E-state index contributed by atoms with van der Waals surface area (Å²) in [6, 6.07) is 12.7. The van der Waals surface area contributed by atoms with Gasteiger partial charge in [-0.25, -0.2) is 9.37 Å². The molecule has 9 heteroatoms. The molecule has 0 saturated heterocycles. The van der Waals surface area contributed by atoms with Crippen LogP contribution in [-0.4, -0.2) is 19.6 Å². The zero-order valence-corrected chi connectivity index (χ0v) is 16.5. The molecule has 4 rings (SSSR count). The van der Waals surface area contributed by atoms with Crippen LogP contribution in [0.1, 0.15) is 30.3 Å². The average molecular weight is 412 g/mol. The lowest BCUT2D eigenvalue weighted by molar-refractivity contribution is 0.181. The molecule has 148 valence electrons. The highest BCUT2D eigenvalue weighted by molar-refractivity contribution is 7.98. The van der Waals surface area contributed by atoms with E-state index in [1.165, 1.54) is 42.1 Å². The van der Waals surface area contributed by atoms with Gasteiger partial charge in [0, 0.05) is 17.5 Å². The van der Waals surface area contributed by atoms with Crippen molar-refractivity contribution in [3.05, 3.63) is 82.0 Å². The van der Waals surface area contributed by atoms with Gasteiger partial charge in [0.2, 0.25) is 0 Å². The van der Waals surface area contributed by atoms with Gasteiger partial charge in [0.1, 0.15) is 17.2 Å². The van der Waals surface area contributed by atoms with Crippen LogP contribution in [0.4, 0.5) is 4.39 Å². The van der Waals surface area contributed by atoms with Gasteiger partial charge in [0.05, 0.1) is 5.69 Å². The minimum atomic E-state index is -0.492. The smallest absolute Gasteiger partial charge is 0.277 e. The molecule has 3 aromatic heterocycles. The minimum absolute atomic E-state index is 0.128. The number of thioether (sulfide) groups is 1. The second-order valence-electron chi connectivity index (χ2n) is 6.36. The van der Waals surface area contributed by atoms with E-state index in [-0.39, 0.29) is 11.4 Å². The molecule has 0 aliphatic rings. The molecule has 0 bridgehead atoms. The van der Waals surface area contributed by atoms with E-state index < -0.39 is 6.10 Å². The maximum Gasteiger partial charge on any atom is 0.277 e. The summed E-state index contributed by atoms with van der Waals surface area (Å²) in [5, 5.41) is 8.35. The van der Waals surface area contributed by atoms with E-state index >= 15 is 0 Å². The van der Waals surface area contributed by atoms with Crippen molar-refractivity contribution in [3.63, 3.8) is 0 Å². The van der Waals surface area contributed by atoms with Crippen molar-refractivity contribution in [2.45, 2.75) is 30.9 Å². The van der Waals surface area contributed by atoms with Crippen LogP contribution in [0, 0.1) is 12.7 Å². The number of rotatable bonds is 6. The van der Waals surface area contributed by atoms with Gasteiger partial charge < -0.3 is 9.15 Å². The number of nitrogens with zero attached hydrogens (tertiary/aromatic N) is 4. The fourth-order valence-corrected chi connectivity index (χ4v) is 3.45. The first-order valence-corrected chi connectivity index (χ1v) is 9.85. The van der Waals surface area contributed by atoms with Crippen molar-refractivity contribution in [1.82, 2.24) is 19.6 Å². The zero-order valence-electron chi connectivity index (χ0n) is 15.7. The van der Waals surface area contributed by atoms with Crippen LogP contribution >= 0.6 is 11.8 Å². The predicted molar refractivity (Wildman–Crippen MR) is 106 cm³/mol. The van der Waals surface area contributed by atoms with Crippen molar-refractivity contribution >= 4 is 17.4 Å². The summed E-state index contributed by atoms with van der Waals surface area (Å²) in [5.41, 5.74) is 1.92. The molecule has 0 unspecified atom stereocenters. The molecule has 0 aliphatic heterocycles. The van der Waals surface area contributed by atoms with Gasteiger partial charge in [-0.2, -0.15) is 0 Å². The molecule has 29 heavy (non-hydrogen) atoms. The van der Waals surface area contributed by atoms with E-state index in [1.54, 1.807) is 17.4 Å². The largest absolute Gasteiger partial charge is 0.481 e. The van der Waals surface area contributed by atoms with Gasteiger partial charge in [-0.3, -0.25) is 9.20 Å². The van der Waals surface area contributed by atoms with Crippen LogP contribution in [0.2, 0.25) is 0 Å². The Bertz CT molecular complexity index is 1210. The molecule has 1 atom stereocenters. The lowest BCUT2D eigenvalue weighted by atomic mass is 10.3. The Morgan fingerprint density at radius 3 is 2.79 bits per heavy atom.